The Morgan fingerprint density at radius 2 is 1.49 bits per heavy atom. The SMILES string of the molecule is CCC[C@@H]1[C@@]23CC[C@H]4[C@@](C)(CC[C@@]5(C)[C@@H]6C[C@](C)(C(=O)O)CC[C@]6(C)CC[C@]45C)[C@]2(CO)CC[C@]1(O)O[C@H]3Cc1ccccc1. The van der Waals surface area contributed by atoms with Crippen molar-refractivity contribution in [3.8, 4) is 0 Å². The van der Waals surface area contributed by atoms with Crippen LogP contribution in [0.1, 0.15) is 131 Å². The first-order chi connectivity index (χ1) is 21.1. The zero-order chi connectivity index (χ0) is 32.3. The third-order valence-electron chi connectivity index (χ3n) is 17.2. The Hall–Kier alpha value is -1.43. The molecule has 5 aliphatic carbocycles. The minimum absolute atomic E-state index is 0.0211. The van der Waals surface area contributed by atoms with Crippen molar-refractivity contribution in [1.82, 2.24) is 0 Å². The number of carbonyl (C=O) groups is 1. The first-order valence-electron chi connectivity index (χ1n) is 18.4. The largest absolute Gasteiger partial charge is 0.481 e. The summed E-state index contributed by atoms with van der Waals surface area (Å²) in [6, 6.07) is 10.6. The maximum absolute atomic E-state index is 12.6. The first kappa shape index (κ1) is 32.1. The van der Waals surface area contributed by atoms with Crippen molar-refractivity contribution in [1.29, 1.82) is 0 Å². The van der Waals surface area contributed by atoms with Gasteiger partial charge in [0.1, 0.15) is 0 Å². The summed E-state index contributed by atoms with van der Waals surface area (Å²) in [5.74, 6) is -0.903. The van der Waals surface area contributed by atoms with E-state index < -0.39 is 17.2 Å². The summed E-state index contributed by atoms with van der Waals surface area (Å²) < 4.78 is 6.92. The highest BCUT2D eigenvalue weighted by Crippen LogP contribution is 2.83. The van der Waals surface area contributed by atoms with Crippen LogP contribution in [0.5, 0.6) is 0 Å². The highest BCUT2D eigenvalue weighted by Gasteiger charge is 2.81. The first-order valence-corrected chi connectivity index (χ1v) is 18.4. The van der Waals surface area contributed by atoms with E-state index in [1.54, 1.807) is 0 Å². The number of hydrogen-bond donors (Lipinski definition) is 3. The van der Waals surface area contributed by atoms with Gasteiger partial charge in [0.15, 0.2) is 5.79 Å². The van der Waals surface area contributed by atoms with Crippen LogP contribution in [0.2, 0.25) is 0 Å². The van der Waals surface area contributed by atoms with Crippen LogP contribution in [0.3, 0.4) is 0 Å². The van der Waals surface area contributed by atoms with Crippen LogP contribution < -0.4 is 0 Å². The van der Waals surface area contributed by atoms with E-state index in [4.69, 9.17) is 4.74 Å². The van der Waals surface area contributed by atoms with Gasteiger partial charge >= 0.3 is 5.97 Å². The fourth-order valence-corrected chi connectivity index (χ4v) is 14.5. The van der Waals surface area contributed by atoms with E-state index in [0.29, 0.717) is 18.3 Å². The lowest BCUT2D eigenvalue weighted by atomic mass is 9.26. The Bertz CT molecular complexity index is 1330. The molecule has 0 radical (unpaired) electrons. The number of ether oxygens (including phenoxy) is 1. The van der Waals surface area contributed by atoms with E-state index in [2.05, 4.69) is 65.0 Å². The lowest BCUT2D eigenvalue weighted by Crippen LogP contribution is -2.74. The average molecular weight is 621 g/mol. The number of hydrogen-bond acceptors (Lipinski definition) is 4. The van der Waals surface area contributed by atoms with Crippen molar-refractivity contribution in [2.45, 2.75) is 143 Å². The van der Waals surface area contributed by atoms with Gasteiger partial charge in [0.05, 0.1) is 11.5 Å². The van der Waals surface area contributed by atoms with Crippen LogP contribution in [-0.4, -0.2) is 39.8 Å². The van der Waals surface area contributed by atoms with E-state index in [-0.39, 0.29) is 51.1 Å². The summed E-state index contributed by atoms with van der Waals surface area (Å²) in [7, 11) is 0. The lowest BCUT2D eigenvalue weighted by molar-refractivity contribution is -0.309. The third kappa shape index (κ3) is 3.81. The number of rotatable bonds is 6. The predicted molar refractivity (Wildman–Crippen MR) is 176 cm³/mol. The fourth-order valence-electron chi connectivity index (χ4n) is 14.5. The number of aliphatic hydroxyl groups is 2. The molecule has 0 aromatic heterocycles. The Labute approximate surface area is 271 Å². The van der Waals surface area contributed by atoms with Crippen molar-refractivity contribution in [2.24, 2.45) is 55.7 Å². The average Bonchev–Trinajstić information content (AvgIpc) is 3.15. The van der Waals surface area contributed by atoms with E-state index in [1.807, 2.05) is 6.92 Å². The molecule has 5 nitrogen and oxygen atoms in total. The molecule has 5 saturated carbocycles. The Balaban J connectivity index is 1.34. The highest BCUT2D eigenvalue weighted by atomic mass is 16.6. The third-order valence-corrected chi connectivity index (χ3v) is 17.2. The van der Waals surface area contributed by atoms with Gasteiger partial charge in [-0.25, -0.2) is 0 Å². The lowest BCUT2D eigenvalue weighted by Gasteiger charge is -2.77. The summed E-state index contributed by atoms with van der Waals surface area (Å²) in [4.78, 5) is 12.6. The molecule has 7 rings (SSSR count). The van der Waals surface area contributed by atoms with Crippen LogP contribution >= 0.6 is 0 Å². The molecule has 1 spiro atoms. The normalized spacial score (nSPS) is 53.5. The van der Waals surface area contributed by atoms with Crippen LogP contribution in [0.25, 0.3) is 0 Å². The van der Waals surface area contributed by atoms with E-state index in [9.17, 15) is 20.1 Å². The molecule has 6 fully saturated rings. The molecule has 5 heteroatoms. The number of fused-ring (bicyclic) bond motifs is 7. The van der Waals surface area contributed by atoms with Crippen molar-refractivity contribution in [3.05, 3.63) is 35.9 Å². The number of aliphatic carboxylic acids is 1. The van der Waals surface area contributed by atoms with E-state index in [0.717, 1.165) is 70.6 Å². The number of carboxylic acid groups (broad SMARTS) is 1. The second-order valence-electron chi connectivity index (χ2n) is 18.4. The van der Waals surface area contributed by atoms with Gasteiger partial charge in [0.25, 0.3) is 0 Å². The molecule has 250 valence electrons. The molecule has 1 aliphatic heterocycles. The molecule has 1 aromatic rings. The summed E-state index contributed by atoms with van der Waals surface area (Å²) >= 11 is 0. The number of aliphatic hydroxyl groups excluding tert-OH is 1. The molecule has 0 amide bonds. The van der Waals surface area contributed by atoms with Crippen LogP contribution in [0, 0.1) is 55.7 Å². The smallest absolute Gasteiger partial charge is 0.309 e. The zero-order valence-corrected chi connectivity index (χ0v) is 29.0. The minimum atomic E-state index is -1.12. The molecule has 45 heavy (non-hydrogen) atoms. The summed E-state index contributed by atoms with van der Waals surface area (Å²) in [6.07, 6.45) is 13.1. The van der Waals surface area contributed by atoms with Crippen molar-refractivity contribution in [2.75, 3.05) is 6.61 Å². The molecule has 1 heterocycles. The van der Waals surface area contributed by atoms with Crippen LogP contribution in [0.4, 0.5) is 0 Å². The number of benzene rings is 1. The van der Waals surface area contributed by atoms with E-state index >= 15 is 0 Å². The molecular formula is C40H60O5. The van der Waals surface area contributed by atoms with Gasteiger partial charge in [-0.3, -0.25) is 4.79 Å². The Morgan fingerprint density at radius 3 is 2.16 bits per heavy atom. The molecule has 12 atom stereocenters. The van der Waals surface area contributed by atoms with Gasteiger partial charge in [-0.05, 0) is 123 Å². The van der Waals surface area contributed by atoms with Gasteiger partial charge in [-0.1, -0.05) is 71.4 Å². The van der Waals surface area contributed by atoms with Gasteiger partial charge in [-0.15, -0.1) is 0 Å². The maximum atomic E-state index is 12.6. The Morgan fingerprint density at radius 1 is 0.844 bits per heavy atom. The minimum Gasteiger partial charge on any atom is -0.481 e. The van der Waals surface area contributed by atoms with Crippen molar-refractivity contribution < 1.29 is 24.9 Å². The quantitative estimate of drug-likeness (QED) is 0.297. The van der Waals surface area contributed by atoms with Gasteiger partial charge in [0.2, 0.25) is 0 Å². The molecule has 1 aromatic carbocycles. The molecule has 3 N–H and O–H groups in total. The second-order valence-corrected chi connectivity index (χ2v) is 18.4. The van der Waals surface area contributed by atoms with Gasteiger partial charge in [-0.2, -0.15) is 0 Å². The molecule has 2 bridgehead atoms. The summed E-state index contributed by atoms with van der Waals surface area (Å²) in [6.45, 7) is 14.5. The van der Waals surface area contributed by atoms with Crippen molar-refractivity contribution in [3.63, 3.8) is 0 Å². The highest BCUT2D eigenvalue weighted by molar-refractivity contribution is 5.74. The summed E-state index contributed by atoms with van der Waals surface area (Å²) in [5, 5.41) is 34.6. The predicted octanol–water partition coefficient (Wildman–Crippen LogP) is 8.41. The maximum Gasteiger partial charge on any atom is 0.309 e. The van der Waals surface area contributed by atoms with Gasteiger partial charge < -0.3 is 20.1 Å². The standard InChI is InChI=1S/C40H60O5/c1-7-11-29-39-15-14-28-35(4)19-18-33(2)16-17-34(3,32(42)43)25-30(33)36(35,5)20-21-37(28,6)38(39,26-41)22-23-40(29,44)45-31(39)24-27-12-9-8-10-13-27/h8-10,12-13,28-31,41,44H,7,11,14-26H2,1-6H3,(H,42,43)/t28-,29-,30-,31+,33-,34-,35-,36+,37-,38-,39-,40+/m1/s1. The van der Waals surface area contributed by atoms with Crippen molar-refractivity contribution >= 4 is 5.97 Å². The molecule has 1 saturated heterocycles. The van der Waals surface area contributed by atoms with Crippen LogP contribution in [-0.2, 0) is 16.0 Å². The zero-order valence-electron chi connectivity index (χ0n) is 29.0. The molecule has 6 aliphatic rings. The van der Waals surface area contributed by atoms with E-state index in [1.165, 1.54) is 18.4 Å². The molecule has 0 unspecified atom stereocenters. The number of carboxylic acids is 1. The fraction of sp³-hybridized carbons (Fsp3) is 0.825. The topological polar surface area (TPSA) is 87.0 Å². The Kier molecular flexibility index (Phi) is 7.17. The second kappa shape index (κ2) is 10.0. The van der Waals surface area contributed by atoms with Gasteiger partial charge in [0, 0.05) is 29.8 Å². The monoisotopic (exact) mass is 620 g/mol. The van der Waals surface area contributed by atoms with Crippen LogP contribution in [0.15, 0.2) is 30.3 Å². The molecular weight excluding hydrogens is 560 g/mol. The summed E-state index contributed by atoms with van der Waals surface area (Å²) in [5.41, 5.74) is 0.184.